The molecule has 0 aliphatic carbocycles. The Morgan fingerprint density at radius 3 is 3.00 bits per heavy atom. The SMILES string of the molecule is Cc1cccc(NCc2ncc(Cl)s2)c1C#N. The second-order valence-corrected chi connectivity index (χ2v) is 5.27. The van der Waals surface area contributed by atoms with E-state index in [0.717, 1.165) is 16.3 Å². The fourth-order valence-corrected chi connectivity index (χ4v) is 2.40. The first-order valence-electron chi connectivity index (χ1n) is 5.04. The van der Waals surface area contributed by atoms with Gasteiger partial charge in [0.25, 0.3) is 0 Å². The number of aromatic nitrogens is 1. The lowest BCUT2D eigenvalue weighted by Gasteiger charge is -2.07. The zero-order chi connectivity index (χ0) is 12.3. The summed E-state index contributed by atoms with van der Waals surface area (Å²) >= 11 is 7.24. The van der Waals surface area contributed by atoms with Gasteiger partial charge in [-0.3, -0.25) is 0 Å². The number of nitriles is 1. The molecule has 0 amide bonds. The average Bonchev–Trinajstić information content (AvgIpc) is 2.72. The van der Waals surface area contributed by atoms with Crippen molar-refractivity contribution in [3.63, 3.8) is 0 Å². The number of nitrogens with one attached hydrogen (secondary N) is 1. The van der Waals surface area contributed by atoms with Crippen LogP contribution in [-0.2, 0) is 6.54 Å². The van der Waals surface area contributed by atoms with Gasteiger partial charge >= 0.3 is 0 Å². The predicted molar refractivity (Wildman–Crippen MR) is 70.3 cm³/mol. The van der Waals surface area contributed by atoms with E-state index in [1.165, 1.54) is 11.3 Å². The second-order valence-electron chi connectivity index (χ2n) is 3.52. The molecule has 0 aliphatic rings. The van der Waals surface area contributed by atoms with Crippen LogP contribution in [0.4, 0.5) is 5.69 Å². The highest BCUT2D eigenvalue weighted by Crippen LogP contribution is 2.22. The summed E-state index contributed by atoms with van der Waals surface area (Å²) in [5.74, 6) is 0. The lowest BCUT2D eigenvalue weighted by atomic mass is 10.1. The first-order valence-corrected chi connectivity index (χ1v) is 6.24. The van der Waals surface area contributed by atoms with Gasteiger partial charge in [-0.1, -0.05) is 23.7 Å². The lowest BCUT2D eigenvalue weighted by molar-refractivity contribution is 1.10. The molecule has 0 unspecified atom stereocenters. The number of benzene rings is 1. The zero-order valence-corrected chi connectivity index (χ0v) is 10.8. The van der Waals surface area contributed by atoms with Crippen molar-refractivity contribution >= 4 is 28.6 Å². The van der Waals surface area contributed by atoms with E-state index in [0.29, 0.717) is 16.4 Å². The quantitative estimate of drug-likeness (QED) is 0.921. The van der Waals surface area contributed by atoms with Gasteiger partial charge in [0, 0.05) is 0 Å². The molecule has 0 saturated carbocycles. The largest absolute Gasteiger partial charge is 0.377 e. The molecule has 1 heterocycles. The number of rotatable bonds is 3. The second kappa shape index (κ2) is 5.17. The van der Waals surface area contributed by atoms with Crippen molar-refractivity contribution in [3.8, 4) is 6.07 Å². The summed E-state index contributed by atoms with van der Waals surface area (Å²) < 4.78 is 0.673. The van der Waals surface area contributed by atoms with Crippen molar-refractivity contribution < 1.29 is 0 Å². The van der Waals surface area contributed by atoms with Crippen molar-refractivity contribution in [1.29, 1.82) is 5.26 Å². The van der Waals surface area contributed by atoms with E-state index in [4.69, 9.17) is 16.9 Å². The van der Waals surface area contributed by atoms with Crippen LogP contribution in [0.25, 0.3) is 0 Å². The number of hydrogen-bond donors (Lipinski definition) is 1. The first kappa shape index (κ1) is 11.9. The minimum atomic E-state index is 0.579. The van der Waals surface area contributed by atoms with Gasteiger partial charge in [-0.05, 0) is 18.6 Å². The van der Waals surface area contributed by atoms with E-state index in [-0.39, 0.29) is 0 Å². The fraction of sp³-hybridized carbons (Fsp3) is 0.167. The Bertz CT molecular complexity index is 571. The number of nitrogens with zero attached hydrogens (tertiary/aromatic N) is 2. The highest BCUT2D eigenvalue weighted by atomic mass is 35.5. The smallest absolute Gasteiger partial charge is 0.113 e. The van der Waals surface area contributed by atoms with Gasteiger partial charge in [0.1, 0.15) is 15.4 Å². The molecule has 5 heteroatoms. The van der Waals surface area contributed by atoms with E-state index in [1.807, 2.05) is 25.1 Å². The van der Waals surface area contributed by atoms with E-state index in [9.17, 15) is 0 Å². The summed E-state index contributed by atoms with van der Waals surface area (Å²) in [5.41, 5.74) is 2.48. The third kappa shape index (κ3) is 2.76. The monoisotopic (exact) mass is 263 g/mol. The summed E-state index contributed by atoms with van der Waals surface area (Å²) in [4.78, 5) is 4.15. The topological polar surface area (TPSA) is 48.7 Å². The Hall–Kier alpha value is -1.57. The maximum absolute atomic E-state index is 9.08. The average molecular weight is 264 g/mol. The summed E-state index contributed by atoms with van der Waals surface area (Å²) in [7, 11) is 0. The molecule has 0 fully saturated rings. The molecule has 0 atom stereocenters. The molecule has 1 N–H and O–H groups in total. The molecule has 0 saturated heterocycles. The van der Waals surface area contributed by atoms with Crippen molar-refractivity contribution in [2.45, 2.75) is 13.5 Å². The van der Waals surface area contributed by atoms with Crippen LogP contribution in [0.5, 0.6) is 0 Å². The molecule has 0 spiro atoms. The molecule has 86 valence electrons. The molecule has 1 aromatic carbocycles. The maximum atomic E-state index is 9.08. The van der Waals surface area contributed by atoms with Crippen LogP contribution in [-0.4, -0.2) is 4.98 Å². The van der Waals surface area contributed by atoms with E-state index < -0.39 is 0 Å². The molecule has 17 heavy (non-hydrogen) atoms. The highest BCUT2D eigenvalue weighted by molar-refractivity contribution is 7.15. The molecule has 0 aliphatic heterocycles. The maximum Gasteiger partial charge on any atom is 0.113 e. The van der Waals surface area contributed by atoms with Crippen LogP contribution < -0.4 is 5.32 Å². The molecule has 0 bridgehead atoms. The summed E-state index contributed by atoms with van der Waals surface area (Å²) in [6.07, 6.45) is 1.63. The Morgan fingerprint density at radius 2 is 2.35 bits per heavy atom. The van der Waals surface area contributed by atoms with Crippen LogP contribution in [0.3, 0.4) is 0 Å². The minimum absolute atomic E-state index is 0.579. The van der Waals surface area contributed by atoms with Gasteiger partial charge < -0.3 is 5.32 Å². The zero-order valence-electron chi connectivity index (χ0n) is 9.20. The number of hydrogen-bond acceptors (Lipinski definition) is 4. The van der Waals surface area contributed by atoms with Crippen LogP contribution in [0.1, 0.15) is 16.1 Å². The molecular formula is C12H10ClN3S. The Kier molecular flexibility index (Phi) is 3.62. The van der Waals surface area contributed by atoms with Crippen LogP contribution in [0.15, 0.2) is 24.4 Å². The highest BCUT2D eigenvalue weighted by Gasteiger charge is 2.05. The Morgan fingerprint density at radius 1 is 1.53 bits per heavy atom. The van der Waals surface area contributed by atoms with E-state index in [1.54, 1.807) is 6.20 Å². The number of aryl methyl sites for hydroxylation is 1. The Balaban J connectivity index is 2.14. The molecule has 2 rings (SSSR count). The molecule has 0 radical (unpaired) electrons. The van der Waals surface area contributed by atoms with Crippen molar-refractivity contribution in [2.75, 3.05) is 5.32 Å². The van der Waals surface area contributed by atoms with Gasteiger partial charge in [-0.15, -0.1) is 11.3 Å². The van der Waals surface area contributed by atoms with Gasteiger partial charge in [0.05, 0.1) is 24.0 Å². The number of anilines is 1. The minimum Gasteiger partial charge on any atom is -0.377 e. The van der Waals surface area contributed by atoms with Gasteiger partial charge in [0.15, 0.2) is 0 Å². The summed E-state index contributed by atoms with van der Waals surface area (Å²) in [5, 5.41) is 13.2. The predicted octanol–water partition coefficient (Wildman–Crippen LogP) is 3.59. The van der Waals surface area contributed by atoms with Crippen LogP contribution >= 0.6 is 22.9 Å². The molecular weight excluding hydrogens is 254 g/mol. The fourth-order valence-electron chi connectivity index (χ4n) is 1.50. The van der Waals surface area contributed by atoms with E-state index in [2.05, 4.69) is 16.4 Å². The van der Waals surface area contributed by atoms with Gasteiger partial charge in [-0.2, -0.15) is 5.26 Å². The van der Waals surface area contributed by atoms with E-state index >= 15 is 0 Å². The third-order valence-electron chi connectivity index (χ3n) is 2.34. The number of thiazole rings is 1. The molecule has 3 nitrogen and oxygen atoms in total. The summed E-state index contributed by atoms with van der Waals surface area (Å²) in [6.45, 7) is 2.50. The number of halogens is 1. The standard InChI is InChI=1S/C12H10ClN3S/c1-8-3-2-4-10(9(8)5-14)15-7-12-16-6-11(13)17-12/h2-4,6,15H,7H2,1H3. The van der Waals surface area contributed by atoms with Crippen LogP contribution in [0.2, 0.25) is 4.34 Å². The van der Waals surface area contributed by atoms with Gasteiger partial charge in [-0.25, -0.2) is 4.98 Å². The third-order valence-corrected chi connectivity index (χ3v) is 3.45. The molecule has 1 aromatic heterocycles. The van der Waals surface area contributed by atoms with Gasteiger partial charge in [0.2, 0.25) is 0 Å². The Labute approximate surface area is 109 Å². The molecule has 2 aromatic rings. The van der Waals surface area contributed by atoms with Crippen molar-refractivity contribution in [2.24, 2.45) is 0 Å². The normalized spacial score (nSPS) is 9.94. The first-order chi connectivity index (χ1) is 8.20. The van der Waals surface area contributed by atoms with Crippen LogP contribution in [0, 0.1) is 18.3 Å². The van der Waals surface area contributed by atoms with Crippen molar-refractivity contribution in [3.05, 3.63) is 44.9 Å². The summed E-state index contributed by atoms with van der Waals surface area (Å²) in [6, 6.07) is 7.93. The van der Waals surface area contributed by atoms with Crippen molar-refractivity contribution in [1.82, 2.24) is 4.98 Å². The lowest BCUT2D eigenvalue weighted by Crippen LogP contribution is -2.01.